The van der Waals surface area contributed by atoms with Gasteiger partial charge in [-0.3, -0.25) is 0 Å². The van der Waals surface area contributed by atoms with Crippen LogP contribution in [0.15, 0.2) is 25.0 Å². The van der Waals surface area contributed by atoms with E-state index in [1.807, 2.05) is 4.57 Å². The zero-order chi connectivity index (χ0) is 9.30. The smallest absolute Gasteiger partial charge is 0.179 e. The third kappa shape index (κ3) is 2.43. The third-order valence-corrected chi connectivity index (χ3v) is 3.89. The highest BCUT2D eigenvalue weighted by atomic mass is 79.9. The lowest BCUT2D eigenvalue weighted by Gasteiger charge is -2.02. The molecule has 0 aromatic carbocycles. The van der Waals surface area contributed by atoms with Crippen molar-refractivity contribution < 1.29 is 0 Å². The molecule has 0 aliphatic carbocycles. The van der Waals surface area contributed by atoms with Crippen LogP contribution in [-0.4, -0.2) is 9.55 Å². The predicted octanol–water partition coefficient (Wildman–Crippen LogP) is 4.08. The van der Waals surface area contributed by atoms with E-state index >= 15 is 0 Å². The van der Waals surface area contributed by atoms with Gasteiger partial charge in [-0.1, -0.05) is 22.5 Å². The molecular formula is C6H4Br4N2. The van der Waals surface area contributed by atoms with Crippen molar-refractivity contribution in [3.8, 4) is 0 Å². The van der Waals surface area contributed by atoms with Crippen molar-refractivity contribution >= 4 is 63.7 Å². The minimum absolute atomic E-state index is 0.680. The molecule has 1 rings (SSSR count). The second-order valence-corrected chi connectivity index (χ2v) is 5.40. The molecule has 1 heterocycles. The first-order valence-electron chi connectivity index (χ1n) is 2.92. The molecule has 0 aliphatic heterocycles. The van der Waals surface area contributed by atoms with Gasteiger partial charge in [0.15, 0.2) is 4.73 Å². The van der Waals surface area contributed by atoms with Gasteiger partial charge in [0.25, 0.3) is 0 Å². The third-order valence-electron chi connectivity index (χ3n) is 1.15. The van der Waals surface area contributed by atoms with E-state index in [1.54, 1.807) is 0 Å². The summed E-state index contributed by atoms with van der Waals surface area (Å²) in [7, 11) is 0. The summed E-state index contributed by atoms with van der Waals surface area (Å²) in [6.07, 6.45) is 0. The molecule has 0 spiro atoms. The van der Waals surface area contributed by atoms with E-state index in [0.717, 1.165) is 18.4 Å². The van der Waals surface area contributed by atoms with Crippen molar-refractivity contribution in [3.05, 3.63) is 25.0 Å². The minimum Gasteiger partial charge on any atom is -0.307 e. The van der Waals surface area contributed by atoms with Gasteiger partial charge in [0.1, 0.15) is 9.21 Å². The Morgan fingerprint density at radius 1 is 1.42 bits per heavy atom. The van der Waals surface area contributed by atoms with E-state index < -0.39 is 0 Å². The fourth-order valence-corrected chi connectivity index (χ4v) is 2.66. The Hall–Kier alpha value is 0.870. The van der Waals surface area contributed by atoms with Crippen LogP contribution in [0.25, 0.3) is 0 Å². The molecular weight excluding hydrogens is 420 g/mol. The van der Waals surface area contributed by atoms with Crippen LogP contribution < -0.4 is 0 Å². The summed E-state index contributed by atoms with van der Waals surface area (Å²) in [6.45, 7) is 4.43. The van der Waals surface area contributed by atoms with Gasteiger partial charge in [0, 0.05) is 4.48 Å². The molecule has 0 saturated heterocycles. The number of aromatic nitrogens is 2. The predicted molar refractivity (Wildman–Crippen MR) is 63.4 cm³/mol. The van der Waals surface area contributed by atoms with E-state index in [0.29, 0.717) is 6.54 Å². The molecule has 0 bridgehead atoms. The van der Waals surface area contributed by atoms with Gasteiger partial charge in [-0.25, -0.2) is 4.98 Å². The van der Waals surface area contributed by atoms with Crippen LogP contribution in [0.1, 0.15) is 0 Å². The second kappa shape index (κ2) is 4.39. The summed E-state index contributed by atoms with van der Waals surface area (Å²) < 4.78 is 5.27. The molecule has 0 unspecified atom stereocenters. The Labute approximate surface area is 104 Å². The highest BCUT2D eigenvalue weighted by molar-refractivity contribution is 9.13. The SMILES string of the molecule is C=C(Br)Cn1c(Br)nc(Br)c1Br. The van der Waals surface area contributed by atoms with Crippen molar-refractivity contribution in [2.24, 2.45) is 0 Å². The van der Waals surface area contributed by atoms with Crippen molar-refractivity contribution in [2.75, 3.05) is 0 Å². The van der Waals surface area contributed by atoms with Gasteiger partial charge in [-0.15, -0.1) is 0 Å². The Bertz CT molecular complexity index is 318. The van der Waals surface area contributed by atoms with E-state index in [1.165, 1.54) is 0 Å². The largest absolute Gasteiger partial charge is 0.307 e. The van der Waals surface area contributed by atoms with Crippen LogP contribution in [0.2, 0.25) is 0 Å². The maximum Gasteiger partial charge on any atom is 0.179 e. The van der Waals surface area contributed by atoms with E-state index in [2.05, 4.69) is 75.3 Å². The van der Waals surface area contributed by atoms with Gasteiger partial charge in [0.2, 0.25) is 0 Å². The lowest BCUT2D eigenvalue weighted by Crippen LogP contribution is -1.97. The highest BCUT2D eigenvalue weighted by Crippen LogP contribution is 2.27. The molecule has 6 heteroatoms. The standard InChI is InChI=1S/C6H4Br4N2/c1-3(7)2-12-5(9)4(8)11-6(12)10/h1-2H2. The molecule has 1 aromatic heterocycles. The minimum atomic E-state index is 0.680. The number of halogens is 4. The van der Waals surface area contributed by atoms with E-state index in [9.17, 15) is 0 Å². The highest BCUT2D eigenvalue weighted by Gasteiger charge is 2.10. The molecule has 66 valence electrons. The van der Waals surface area contributed by atoms with Crippen molar-refractivity contribution in [1.29, 1.82) is 0 Å². The fraction of sp³-hybridized carbons (Fsp3) is 0.167. The first-order chi connectivity index (χ1) is 5.52. The van der Waals surface area contributed by atoms with Crippen molar-refractivity contribution in [1.82, 2.24) is 9.55 Å². The van der Waals surface area contributed by atoms with Gasteiger partial charge >= 0.3 is 0 Å². The molecule has 1 aromatic rings. The summed E-state index contributed by atoms with van der Waals surface area (Å²) in [5.74, 6) is 0. The van der Waals surface area contributed by atoms with Crippen LogP contribution in [0.4, 0.5) is 0 Å². The number of allylic oxidation sites excluding steroid dienone is 1. The van der Waals surface area contributed by atoms with Crippen molar-refractivity contribution in [3.63, 3.8) is 0 Å². The van der Waals surface area contributed by atoms with E-state index in [4.69, 9.17) is 0 Å². The zero-order valence-corrected chi connectivity index (χ0v) is 12.2. The fourth-order valence-electron chi connectivity index (χ4n) is 0.686. The zero-order valence-electron chi connectivity index (χ0n) is 5.82. The molecule has 0 aliphatic rings. The number of imidazole rings is 1. The normalized spacial score (nSPS) is 10.3. The second-order valence-electron chi connectivity index (χ2n) is 2.07. The van der Waals surface area contributed by atoms with Gasteiger partial charge in [0.05, 0.1) is 6.54 Å². The lowest BCUT2D eigenvalue weighted by molar-refractivity contribution is 0.773. The van der Waals surface area contributed by atoms with Crippen LogP contribution in [0.5, 0.6) is 0 Å². The number of nitrogens with zero attached hydrogens (tertiary/aromatic N) is 2. The molecule has 2 nitrogen and oxygen atoms in total. The summed E-state index contributed by atoms with van der Waals surface area (Å²) in [5, 5.41) is 0. The molecule has 0 saturated carbocycles. The van der Waals surface area contributed by atoms with Crippen LogP contribution in [0.3, 0.4) is 0 Å². The number of hydrogen-bond donors (Lipinski definition) is 0. The quantitative estimate of drug-likeness (QED) is 0.701. The first-order valence-corrected chi connectivity index (χ1v) is 6.10. The summed E-state index contributed by atoms with van der Waals surface area (Å²) >= 11 is 13.3. The number of hydrogen-bond acceptors (Lipinski definition) is 1. The average Bonchev–Trinajstić information content (AvgIpc) is 2.16. The van der Waals surface area contributed by atoms with Crippen LogP contribution >= 0.6 is 63.7 Å². The Kier molecular flexibility index (Phi) is 4.01. The van der Waals surface area contributed by atoms with Crippen LogP contribution in [-0.2, 0) is 6.54 Å². The maximum absolute atomic E-state index is 4.15. The van der Waals surface area contributed by atoms with E-state index in [-0.39, 0.29) is 0 Å². The summed E-state index contributed by atoms with van der Waals surface area (Å²) in [5.41, 5.74) is 0. The Morgan fingerprint density at radius 2 is 2.00 bits per heavy atom. The van der Waals surface area contributed by atoms with Gasteiger partial charge < -0.3 is 4.57 Å². The molecule has 0 N–H and O–H groups in total. The summed E-state index contributed by atoms with van der Waals surface area (Å²) in [4.78, 5) is 4.15. The first kappa shape index (κ1) is 10.9. The molecule has 0 atom stereocenters. The molecule has 0 fully saturated rings. The summed E-state index contributed by atoms with van der Waals surface area (Å²) in [6, 6.07) is 0. The monoisotopic (exact) mass is 420 g/mol. The van der Waals surface area contributed by atoms with Crippen LogP contribution in [0, 0.1) is 0 Å². The Morgan fingerprint density at radius 3 is 2.33 bits per heavy atom. The Balaban J connectivity index is 3.05. The average molecular weight is 424 g/mol. The molecule has 12 heavy (non-hydrogen) atoms. The maximum atomic E-state index is 4.15. The van der Waals surface area contributed by atoms with Gasteiger partial charge in [-0.2, -0.15) is 0 Å². The number of rotatable bonds is 2. The lowest BCUT2D eigenvalue weighted by atomic mass is 10.6. The molecule has 0 amide bonds. The van der Waals surface area contributed by atoms with Crippen molar-refractivity contribution in [2.45, 2.75) is 6.54 Å². The topological polar surface area (TPSA) is 17.8 Å². The van der Waals surface area contributed by atoms with Gasteiger partial charge in [-0.05, 0) is 47.8 Å². The molecule has 0 radical (unpaired) electrons.